The summed E-state index contributed by atoms with van der Waals surface area (Å²) in [6.07, 6.45) is 0. The Kier molecular flexibility index (Phi) is 3.50. The smallest absolute Gasteiger partial charge is 0.0599 e. The molecule has 0 spiro atoms. The van der Waals surface area contributed by atoms with Crippen LogP contribution >= 0.6 is 0 Å². The van der Waals surface area contributed by atoms with Crippen LogP contribution in [0, 0.1) is 0 Å². The van der Waals surface area contributed by atoms with Crippen molar-refractivity contribution in [2.75, 3.05) is 33.3 Å². The molecule has 1 aliphatic heterocycles. The fourth-order valence-electron chi connectivity index (χ4n) is 1.82. The van der Waals surface area contributed by atoms with Gasteiger partial charge in [-0.3, -0.25) is 4.90 Å². The number of nitrogens with zero attached hydrogens (tertiary/aromatic N) is 2. The summed E-state index contributed by atoms with van der Waals surface area (Å²) in [4.78, 5) is 4.66. The Morgan fingerprint density at radius 1 is 1.42 bits per heavy atom. The van der Waals surface area contributed by atoms with E-state index in [1.807, 2.05) is 0 Å². The lowest BCUT2D eigenvalue weighted by Gasteiger charge is -2.42. The molecule has 0 aromatic heterocycles. The van der Waals surface area contributed by atoms with E-state index in [-0.39, 0.29) is 6.61 Å². The second kappa shape index (κ2) is 4.21. The third-order valence-corrected chi connectivity index (χ3v) is 2.88. The van der Waals surface area contributed by atoms with Gasteiger partial charge in [0.1, 0.15) is 0 Å². The molecular formula is C9H20N2O. The Labute approximate surface area is 75.0 Å². The van der Waals surface area contributed by atoms with Gasteiger partial charge >= 0.3 is 0 Å². The van der Waals surface area contributed by atoms with E-state index >= 15 is 0 Å². The largest absolute Gasteiger partial charge is 0.395 e. The van der Waals surface area contributed by atoms with E-state index < -0.39 is 0 Å². The van der Waals surface area contributed by atoms with Gasteiger partial charge in [0.05, 0.1) is 6.61 Å². The van der Waals surface area contributed by atoms with Gasteiger partial charge in [-0.1, -0.05) is 6.92 Å². The van der Waals surface area contributed by atoms with Crippen LogP contribution in [0.2, 0.25) is 0 Å². The highest BCUT2D eigenvalue weighted by Gasteiger charge is 2.27. The third-order valence-electron chi connectivity index (χ3n) is 2.88. The summed E-state index contributed by atoms with van der Waals surface area (Å²) in [5.74, 6) is 0. The number of likely N-dealkylation sites (N-methyl/N-ethyl adjacent to an activating group) is 2. The van der Waals surface area contributed by atoms with Crippen molar-refractivity contribution in [1.82, 2.24) is 9.80 Å². The van der Waals surface area contributed by atoms with E-state index in [2.05, 4.69) is 30.7 Å². The Morgan fingerprint density at radius 3 is 2.58 bits per heavy atom. The molecule has 0 bridgehead atoms. The van der Waals surface area contributed by atoms with Gasteiger partial charge in [0.2, 0.25) is 0 Å². The van der Waals surface area contributed by atoms with E-state index in [0.717, 1.165) is 19.6 Å². The van der Waals surface area contributed by atoms with Crippen LogP contribution in [-0.4, -0.2) is 60.3 Å². The van der Waals surface area contributed by atoms with Gasteiger partial charge in [0, 0.05) is 25.2 Å². The van der Waals surface area contributed by atoms with Crippen LogP contribution in [0.1, 0.15) is 13.8 Å². The highest BCUT2D eigenvalue weighted by atomic mass is 16.3. The summed E-state index contributed by atoms with van der Waals surface area (Å²) in [6.45, 7) is 7.79. The van der Waals surface area contributed by atoms with Crippen LogP contribution < -0.4 is 0 Å². The molecule has 0 amide bonds. The van der Waals surface area contributed by atoms with Gasteiger partial charge in [-0.2, -0.15) is 0 Å². The average molecular weight is 172 g/mol. The molecule has 1 aliphatic rings. The lowest BCUT2D eigenvalue weighted by atomic mass is 10.1. The molecule has 0 aromatic carbocycles. The standard InChI is InChI=1S/C9H20N2O/c1-4-11-5-8(2)10(3)6-9(11)7-12/h8-9,12H,4-7H2,1-3H3. The summed E-state index contributed by atoms with van der Waals surface area (Å²) in [5.41, 5.74) is 0. The Balaban J connectivity index is 2.52. The Hall–Kier alpha value is -0.120. The molecule has 12 heavy (non-hydrogen) atoms. The normalized spacial score (nSPS) is 34.0. The summed E-state index contributed by atoms with van der Waals surface area (Å²) in [5, 5.41) is 9.13. The monoisotopic (exact) mass is 172 g/mol. The molecule has 2 atom stereocenters. The average Bonchev–Trinajstić information content (AvgIpc) is 2.09. The van der Waals surface area contributed by atoms with E-state index in [1.54, 1.807) is 0 Å². The second-order valence-corrected chi connectivity index (χ2v) is 3.71. The Morgan fingerprint density at radius 2 is 2.08 bits per heavy atom. The minimum absolute atomic E-state index is 0.283. The SMILES string of the molecule is CCN1CC(C)N(C)CC1CO. The number of aliphatic hydroxyl groups is 1. The highest BCUT2D eigenvalue weighted by Crippen LogP contribution is 2.12. The van der Waals surface area contributed by atoms with Crippen LogP contribution in [0.5, 0.6) is 0 Å². The van der Waals surface area contributed by atoms with Crippen LogP contribution in [-0.2, 0) is 0 Å². The van der Waals surface area contributed by atoms with Crippen molar-refractivity contribution in [2.45, 2.75) is 25.9 Å². The van der Waals surface area contributed by atoms with Gasteiger partial charge < -0.3 is 10.0 Å². The second-order valence-electron chi connectivity index (χ2n) is 3.71. The fourth-order valence-corrected chi connectivity index (χ4v) is 1.82. The zero-order valence-corrected chi connectivity index (χ0v) is 8.32. The zero-order chi connectivity index (χ0) is 9.14. The molecule has 2 unspecified atom stereocenters. The van der Waals surface area contributed by atoms with Crippen LogP contribution in [0.15, 0.2) is 0 Å². The highest BCUT2D eigenvalue weighted by molar-refractivity contribution is 4.83. The first-order valence-electron chi connectivity index (χ1n) is 4.74. The van der Waals surface area contributed by atoms with Crippen molar-refractivity contribution < 1.29 is 5.11 Å². The van der Waals surface area contributed by atoms with E-state index in [1.165, 1.54) is 0 Å². The topological polar surface area (TPSA) is 26.7 Å². The van der Waals surface area contributed by atoms with Crippen molar-refractivity contribution in [1.29, 1.82) is 0 Å². The van der Waals surface area contributed by atoms with Crippen LogP contribution in [0.4, 0.5) is 0 Å². The lowest BCUT2D eigenvalue weighted by molar-refractivity contribution is 0.0259. The number of aliphatic hydroxyl groups excluding tert-OH is 1. The maximum atomic E-state index is 9.13. The van der Waals surface area contributed by atoms with Crippen LogP contribution in [0.3, 0.4) is 0 Å². The number of hydrogen-bond acceptors (Lipinski definition) is 3. The Bertz CT molecular complexity index is 124. The van der Waals surface area contributed by atoms with E-state index in [0.29, 0.717) is 12.1 Å². The molecule has 3 heteroatoms. The molecule has 0 radical (unpaired) electrons. The molecule has 1 heterocycles. The molecule has 1 rings (SSSR count). The zero-order valence-electron chi connectivity index (χ0n) is 8.32. The van der Waals surface area contributed by atoms with Crippen molar-refractivity contribution in [2.24, 2.45) is 0 Å². The van der Waals surface area contributed by atoms with E-state index in [9.17, 15) is 0 Å². The first-order valence-corrected chi connectivity index (χ1v) is 4.74. The molecule has 0 saturated carbocycles. The maximum absolute atomic E-state index is 9.13. The van der Waals surface area contributed by atoms with Gasteiger partial charge in [0.25, 0.3) is 0 Å². The first kappa shape index (κ1) is 9.96. The minimum Gasteiger partial charge on any atom is -0.395 e. The van der Waals surface area contributed by atoms with E-state index in [4.69, 9.17) is 5.11 Å². The number of rotatable bonds is 2. The fraction of sp³-hybridized carbons (Fsp3) is 1.00. The summed E-state index contributed by atoms with van der Waals surface area (Å²) >= 11 is 0. The molecule has 1 saturated heterocycles. The van der Waals surface area contributed by atoms with Gasteiger partial charge in [-0.15, -0.1) is 0 Å². The minimum atomic E-state index is 0.283. The quantitative estimate of drug-likeness (QED) is 0.635. The molecule has 0 aromatic rings. The van der Waals surface area contributed by atoms with Crippen molar-refractivity contribution >= 4 is 0 Å². The summed E-state index contributed by atoms with van der Waals surface area (Å²) < 4.78 is 0. The predicted molar refractivity (Wildman–Crippen MR) is 50.2 cm³/mol. The third kappa shape index (κ3) is 1.97. The van der Waals surface area contributed by atoms with Gasteiger partial charge in [0.15, 0.2) is 0 Å². The molecular weight excluding hydrogens is 152 g/mol. The number of piperazine rings is 1. The van der Waals surface area contributed by atoms with Crippen molar-refractivity contribution in [3.8, 4) is 0 Å². The van der Waals surface area contributed by atoms with Crippen molar-refractivity contribution in [3.63, 3.8) is 0 Å². The summed E-state index contributed by atoms with van der Waals surface area (Å²) in [6, 6.07) is 0.962. The number of hydrogen-bond donors (Lipinski definition) is 1. The molecule has 72 valence electrons. The van der Waals surface area contributed by atoms with Gasteiger partial charge in [-0.25, -0.2) is 0 Å². The predicted octanol–water partition coefficient (Wildman–Crippen LogP) is 0.00310. The van der Waals surface area contributed by atoms with Crippen LogP contribution in [0.25, 0.3) is 0 Å². The maximum Gasteiger partial charge on any atom is 0.0599 e. The van der Waals surface area contributed by atoms with Crippen molar-refractivity contribution in [3.05, 3.63) is 0 Å². The molecule has 1 N–H and O–H groups in total. The van der Waals surface area contributed by atoms with Gasteiger partial charge in [-0.05, 0) is 20.5 Å². The molecule has 0 aliphatic carbocycles. The molecule has 1 fully saturated rings. The first-order chi connectivity index (χ1) is 5.69. The molecule has 3 nitrogen and oxygen atoms in total. The lowest BCUT2D eigenvalue weighted by Crippen LogP contribution is -2.57. The summed E-state index contributed by atoms with van der Waals surface area (Å²) in [7, 11) is 2.13.